The molecule has 3 saturated heterocycles. The molecule has 3 aliphatic heterocycles. The minimum atomic E-state index is -0.379. The fourth-order valence-corrected chi connectivity index (χ4v) is 9.10. The van der Waals surface area contributed by atoms with E-state index >= 15 is 0 Å². The van der Waals surface area contributed by atoms with Crippen LogP contribution in [0.1, 0.15) is 86.1 Å². The number of carbonyl (C=O) groups is 2. The summed E-state index contributed by atoms with van der Waals surface area (Å²) in [4.78, 5) is 33.7. The topological polar surface area (TPSA) is 71.1 Å². The molecule has 3 unspecified atom stereocenters. The molecule has 3 aliphatic rings. The Morgan fingerprint density at radius 2 is 1.67 bits per heavy atom. The summed E-state index contributed by atoms with van der Waals surface area (Å²) in [6.45, 7) is 18.8. The molecule has 5 rings (SSSR count). The quantitative estimate of drug-likeness (QED) is 0.356. The molecule has 1 N–H and O–H groups in total. The molecule has 230 valence electrons. The van der Waals surface area contributed by atoms with Crippen LogP contribution < -0.4 is 5.32 Å². The van der Waals surface area contributed by atoms with Gasteiger partial charge in [0.2, 0.25) is 0 Å². The second kappa shape index (κ2) is 12.6. The maximum atomic E-state index is 14.0. The van der Waals surface area contributed by atoms with E-state index in [1.807, 2.05) is 18.2 Å². The Hall–Kier alpha value is -1.94. The molecular weight excluding hydrogens is 614 g/mol. The number of amides is 2. The number of ether oxygens (including phenoxy) is 2. The number of hydrogen-bond donors (Lipinski definition) is 1. The van der Waals surface area contributed by atoms with Gasteiger partial charge in [-0.2, -0.15) is 0 Å². The Labute approximate surface area is 263 Å². The van der Waals surface area contributed by atoms with Gasteiger partial charge >= 0.3 is 6.09 Å². The van der Waals surface area contributed by atoms with Crippen LogP contribution in [0.4, 0.5) is 4.79 Å². The van der Waals surface area contributed by atoms with Gasteiger partial charge in [0.05, 0.1) is 24.8 Å². The Bertz CT molecular complexity index is 1250. The largest absolute Gasteiger partial charge is 0.444 e. The van der Waals surface area contributed by atoms with Gasteiger partial charge in [0, 0.05) is 53.4 Å². The van der Waals surface area contributed by atoms with E-state index in [0.717, 1.165) is 61.2 Å². The molecule has 4 heterocycles. The van der Waals surface area contributed by atoms with E-state index in [1.54, 1.807) is 11.3 Å². The number of benzene rings is 1. The van der Waals surface area contributed by atoms with Crippen molar-refractivity contribution in [2.75, 3.05) is 45.9 Å². The first-order valence-corrected chi connectivity index (χ1v) is 16.9. The lowest BCUT2D eigenvalue weighted by molar-refractivity contribution is 0.0771. The molecule has 42 heavy (non-hydrogen) atoms. The maximum Gasteiger partial charge on any atom is 0.407 e. The molecule has 0 radical (unpaired) electrons. The standard InChI is InChI=1S/C33H46BrN3O4S/c1-32(2,3)28-26(27(34)29(42-28)33(4,5)6)30(38)37-18-22-16-36(17-23(22)19-37)14-12-25(21-10-8-7-9-11-21)35-31(39)41-24-13-15-40-20-24/h7-11,22-25H,12-20H2,1-6H3,(H,35,39)/t22-,23?,24?,25?/m0/s1. The van der Waals surface area contributed by atoms with Crippen LogP contribution in [0, 0.1) is 11.8 Å². The van der Waals surface area contributed by atoms with E-state index in [2.05, 4.69) is 84.7 Å². The van der Waals surface area contributed by atoms with Crippen LogP contribution in [0.25, 0.3) is 0 Å². The van der Waals surface area contributed by atoms with Gasteiger partial charge in [-0.1, -0.05) is 71.9 Å². The average molecular weight is 661 g/mol. The van der Waals surface area contributed by atoms with Crippen molar-refractivity contribution < 1.29 is 19.1 Å². The fraction of sp³-hybridized carbons (Fsp3) is 0.636. The van der Waals surface area contributed by atoms with Crippen molar-refractivity contribution in [2.24, 2.45) is 11.8 Å². The zero-order valence-corrected chi connectivity index (χ0v) is 28.3. The van der Waals surface area contributed by atoms with Crippen molar-refractivity contribution in [1.29, 1.82) is 0 Å². The highest BCUT2D eigenvalue weighted by Gasteiger charge is 2.43. The average Bonchev–Trinajstić information content (AvgIpc) is 3.69. The molecule has 0 aliphatic carbocycles. The Morgan fingerprint density at radius 3 is 2.24 bits per heavy atom. The van der Waals surface area contributed by atoms with Gasteiger partial charge < -0.3 is 24.6 Å². The van der Waals surface area contributed by atoms with E-state index in [0.29, 0.717) is 25.0 Å². The predicted molar refractivity (Wildman–Crippen MR) is 171 cm³/mol. The summed E-state index contributed by atoms with van der Waals surface area (Å²) in [6.07, 6.45) is 1.00. The molecule has 2 amide bonds. The van der Waals surface area contributed by atoms with Crippen LogP contribution >= 0.6 is 27.3 Å². The van der Waals surface area contributed by atoms with Gasteiger partial charge in [0.1, 0.15) is 6.10 Å². The van der Waals surface area contributed by atoms with Crippen molar-refractivity contribution in [3.63, 3.8) is 0 Å². The highest BCUT2D eigenvalue weighted by molar-refractivity contribution is 9.10. The minimum Gasteiger partial charge on any atom is -0.444 e. The first-order valence-electron chi connectivity index (χ1n) is 15.3. The second-order valence-corrected chi connectivity index (χ2v) is 16.0. The third-order valence-corrected chi connectivity index (χ3v) is 11.8. The number of thiophene rings is 1. The Balaban J connectivity index is 1.20. The fourth-order valence-electron chi connectivity index (χ4n) is 6.46. The predicted octanol–water partition coefficient (Wildman–Crippen LogP) is 6.76. The molecule has 9 heteroatoms. The van der Waals surface area contributed by atoms with Gasteiger partial charge in [-0.15, -0.1) is 11.3 Å². The second-order valence-electron chi connectivity index (χ2n) is 14.2. The number of hydrogen-bond acceptors (Lipinski definition) is 6. The van der Waals surface area contributed by atoms with Crippen molar-refractivity contribution in [2.45, 2.75) is 77.4 Å². The van der Waals surface area contributed by atoms with Crippen LogP contribution in [0.3, 0.4) is 0 Å². The molecule has 0 spiro atoms. The van der Waals surface area contributed by atoms with Crippen molar-refractivity contribution >= 4 is 39.3 Å². The summed E-state index contributed by atoms with van der Waals surface area (Å²) in [5, 5.41) is 3.11. The third-order valence-electron chi connectivity index (χ3n) is 8.66. The van der Waals surface area contributed by atoms with Gasteiger partial charge in [-0.3, -0.25) is 4.79 Å². The molecule has 7 nitrogen and oxygen atoms in total. The summed E-state index contributed by atoms with van der Waals surface area (Å²) in [6, 6.07) is 10.0. The van der Waals surface area contributed by atoms with Crippen LogP contribution in [-0.2, 0) is 20.3 Å². The van der Waals surface area contributed by atoms with Gasteiger partial charge in [-0.05, 0) is 50.6 Å². The number of likely N-dealkylation sites (tertiary alicyclic amines) is 2. The SMILES string of the molecule is CC(C)(C)c1sc(C(C)(C)C)c(C(=O)N2CC3CN(CCC(NC(=O)OC4CCOC4)c4ccccc4)C[C@H]3C2)c1Br. The monoisotopic (exact) mass is 659 g/mol. The number of rotatable bonds is 7. The third kappa shape index (κ3) is 7.06. The highest BCUT2D eigenvalue weighted by atomic mass is 79.9. The van der Waals surface area contributed by atoms with E-state index in [4.69, 9.17) is 9.47 Å². The number of fused-ring (bicyclic) bond motifs is 1. The summed E-state index contributed by atoms with van der Waals surface area (Å²) in [5.41, 5.74) is 1.81. The van der Waals surface area contributed by atoms with Crippen LogP contribution in [-0.4, -0.2) is 73.8 Å². The highest BCUT2D eigenvalue weighted by Crippen LogP contribution is 2.46. The Kier molecular flexibility index (Phi) is 9.43. The molecule has 4 atom stereocenters. The normalized spacial score (nSPS) is 23.7. The number of halogens is 1. The van der Waals surface area contributed by atoms with Crippen molar-refractivity contribution in [3.8, 4) is 0 Å². The lowest BCUT2D eigenvalue weighted by Gasteiger charge is -2.26. The molecule has 1 aromatic heterocycles. The molecule has 0 bridgehead atoms. The lowest BCUT2D eigenvalue weighted by atomic mass is 9.89. The van der Waals surface area contributed by atoms with Crippen LogP contribution in [0.2, 0.25) is 0 Å². The smallest absolute Gasteiger partial charge is 0.407 e. The lowest BCUT2D eigenvalue weighted by Crippen LogP contribution is -2.36. The summed E-state index contributed by atoms with van der Waals surface area (Å²) >= 11 is 5.63. The first kappa shape index (κ1) is 31.5. The van der Waals surface area contributed by atoms with E-state index in [9.17, 15) is 9.59 Å². The van der Waals surface area contributed by atoms with Crippen molar-refractivity contribution in [3.05, 3.63) is 55.7 Å². The van der Waals surface area contributed by atoms with Crippen LogP contribution in [0.5, 0.6) is 0 Å². The molecule has 1 aromatic carbocycles. The molecule has 0 saturated carbocycles. The summed E-state index contributed by atoms with van der Waals surface area (Å²) in [7, 11) is 0. The van der Waals surface area contributed by atoms with Crippen LogP contribution in [0.15, 0.2) is 34.8 Å². The molecule has 2 aromatic rings. The number of nitrogens with zero attached hydrogens (tertiary/aromatic N) is 2. The minimum absolute atomic E-state index is 0.0296. The van der Waals surface area contributed by atoms with Gasteiger partial charge in [-0.25, -0.2) is 4.79 Å². The summed E-state index contributed by atoms with van der Waals surface area (Å²) < 4.78 is 11.9. The van der Waals surface area contributed by atoms with E-state index < -0.39 is 0 Å². The number of alkyl carbamates (subject to hydrolysis) is 1. The molecular formula is C33H46BrN3O4S. The first-order chi connectivity index (χ1) is 19.8. The number of nitrogens with one attached hydrogen (secondary N) is 1. The van der Waals surface area contributed by atoms with Crippen molar-refractivity contribution in [1.82, 2.24) is 15.1 Å². The van der Waals surface area contributed by atoms with E-state index in [1.165, 1.54) is 9.75 Å². The van der Waals surface area contributed by atoms with E-state index in [-0.39, 0.29) is 35.0 Å². The zero-order chi connectivity index (χ0) is 30.2. The molecule has 3 fully saturated rings. The summed E-state index contributed by atoms with van der Waals surface area (Å²) in [5.74, 6) is 1.11. The zero-order valence-electron chi connectivity index (χ0n) is 25.9. The van der Waals surface area contributed by atoms with Gasteiger partial charge in [0.25, 0.3) is 5.91 Å². The maximum absolute atomic E-state index is 14.0. The number of carbonyl (C=O) groups excluding carboxylic acids is 2. The Morgan fingerprint density at radius 1 is 1.02 bits per heavy atom. The van der Waals surface area contributed by atoms with Gasteiger partial charge in [0.15, 0.2) is 0 Å².